The maximum Gasteiger partial charge on any atom is 0.573 e. The minimum absolute atomic E-state index is 0.134. The summed E-state index contributed by atoms with van der Waals surface area (Å²) in [4.78, 5) is 20.3. The van der Waals surface area contributed by atoms with Gasteiger partial charge in [0.15, 0.2) is 0 Å². The predicted molar refractivity (Wildman–Crippen MR) is 137 cm³/mol. The monoisotopic (exact) mass is 553 g/mol. The highest BCUT2D eigenvalue weighted by Gasteiger charge is 2.31. The van der Waals surface area contributed by atoms with Crippen molar-refractivity contribution in [1.29, 1.82) is 0 Å². The molecule has 1 atom stereocenters. The molecule has 0 aliphatic carbocycles. The molecule has 1 aromatic heterocycles. The zero-order valence-electron chi connectivity index (χ0n) is 21.9. The number of aromatic amines is 1. The van der Waals surface area contributed by atoms with Crippen molar-refractivity contribution in [3.63, 3.8) is 0 Å². The van der Waals surface area contributed by atoms with Gasteiger partial charge in [-0.05, 0) is 80.6 Å². The van der Waals surface area contributed by atoms with Crippen LogP contribution in [-0.4, -0.2) is 65.9 Å². The molecule has 2 heterocycles. The maximum atomic E-state index is 13.3. The second-order valence-corrected chi connectivity index (χ2v) is 9.94. The van der Waals surface area contributed by atoms with E-state index in [1.807, 2.05) is 13.0 Å². The van der Waals surface area contributed by atoms with Crippen LogP contribution in [0, 0.1) is 5.92 Å². The van der Waals surface area contributed by atoms with Crippen LogP contribution < -0.4 is 9.47 Å². The van der Waals surface area contributed by atoms with Gasteiger partial charge < -0.3 is 24.3 Å². The number of fused-ring (bicyclic) bond motifs is 1. The number of amides is 1. The summed E-state index contributed by atoms with van der Waals surface area (Å²) < 4.78 is 72.7. The van der Waals surface area contributed by atoms with E-state index in [0.717, 1.165) is 38.0 Å². The average molecular weight is 554 g/mol. The van der Waals surface area contributed by atoms with E-state index in [0.29, 0.717) is 43.0 Å². The Labute approximate surface area is 223 Å². The molecule has 1 fully saturated rings. The van der Waals surface area contributed by atoms with Gasteiger partial charge in [0.2, 0.25) is 0 Å². The number of alkyl halides is 5. The summed E-state index contributed by atoms with van der Waals surface area (Å²) >= 11 is 0. The molecule has 4 rings (SSSR count). The Morgan fingerprint density at radius 2 is 1.85 bits per heavy atom. The summed E-state index contributed by atoms with van der Waals surface area (Å²) in [6.07, 6.45) is -5.39. The third-order valence-electron chi connectivity index (χ3n) is 6.72. The van der Waals surface area contributed by atoms with Crippen molar-refractivity contribution < 1.29 is 36.2 Å². The van der Waals surface area contributed by atoms with E-state index in [1.165, 1.54) is 24.3 Å². The lowest BCUT2D eigenvalue weighted by molar-refractivity contribution is -0.274. The second-order valence-electron chi connectivity index (χ2n) is 9.94. The van der Waals surface area contributed by atoms with E-state index in [1.54, 1.807) is 23.1 Å². The normalized spacial score (nSPS) is 16.8. The van der Waals surface area contributed by atoms with Crippen LogP contribution in [0.5, 0.6) is 11.5 Å². The average Bonchev–Trinajstić information content (AvgIpc) is 3.27. The van der Waals surface area contributed by atoms with Gasteiger partial charge in [0.05, 0.1) is 0 Å². The third-order valence-corrected chi connectivity index (χ3v) is 6.72. The fourth-order valence-electron chi connectivity index (χ4n) is 5.02. The Morgan fingerprint density at radius 1 is 1.08 bits per heavy atom. The van der Waals surface area contributed by atoms with E-state index < -0.39 is 12.5 Å². The first kappa shape index (κ1) is 28.7. The SMILES string of the molecule is CCN(CC1CCCN(CCc2cccc(OC(C)(F)F)c2)C1)C(=O)c1cc2cc(OC(F)(F)F)ccc2[nH]1. The number of carbonyl (C=O) groups is 1. The number of piperidine rings is 1. The molecule has 0 saturated carbocycles. The Hall–Kier alpha value is -3.34. The zero-order chi connectivity index (χ0) is 28.2. The zero-order valence-corrected chi connectivity index (χ0v) is 21.9. The van der Waals surface area contributed by atoms with Crippen LogP contribution in [-0.2, 0) is 6.42 Å². The molecular weight excluding hydrogens is 521 g/mol. The van der Waals surface area contributed by atoms with Crippen molar-refractivity contribution in [2.75, 3.05) is 32.7 Å². The molecule has 3 aromatic rings. The van der Waals surface area contributed by atoms with Gasteiger partial charge in [0, 0.05) is 44.0 Å². The summed E-state index contributed by atoms with van der Waals surface area (Å²) in [7, 11) is 0. The molecule has 1 amide bonds. The van der Waals surface area contributed by atoms with E-state index in [-0.39, 0.29) is 23.3 Å². The number of ether oxygens (including phenoxy) is 2. The van der Waals surface area contributed by atoms with Crippen molar-refractivity contribution in [3.8, 4) is 11.5 Å². The first-order valence-corrected chi connectivity index (χ1v) is 12.9. The number of aromatic nitrogens is 1. The van der Waals surface area contributed by atoms with Gasteiger partial charge in [-0.1, -0.05) is 12.1 Å². The van der Waals surface area contributed by atoms with E-state index in [4.69, 9.17) is 0 Å². The molecule has 0 spiro atoms. The number of hydrogen-bond acceptors (Lipinski definition) is 4. The molecule has 212 valence electrons. The first-order valence-electron chi connectivity index (χ1n) is 12.9. The standard InChI is InChI=1S/C28H32F5N3O3/c1-3-36(26(37)25-16-21-15-23(39-28(31,32)33)9-10-24(21)34-25)18-20-7-5-12-35(17-20)13-11-19-6-4-8-22(14-19)38-27(2,29)30/h4,6,8-10,14-16,20,34H,3,5,7,11-13,17-18H2,1-2H3. The second kappa shape index (κ2) is 11.8. The van der Waals surface area contributed by atoms with E-state index >= 15 is 0 Å². The first-order chi connectivity index (χ1) is 18.4. The quantitative estimate of drug-likeness (QED) is 0.292. The van der Waals surface area contributed by atoms with E-state index in [9.17, 15) is 26.7 Å². The molecular formula is C28H32F5N3O3. The van der Waals surface area contributed by atoms with Crippen LogP contribution >= 0.6 is 0 Å². The minimum atomic E-state index is -4.79. The van der Waals surface area contributed by atoms with Crippen LogP contribution in [0.2, 0.25) is 0 Å². The molecule has 0 bridgehead atoms. The van der Waals surface area contributed by atoms with Crippen molar-refractivity contribution in [2.24, 2.45) is 5.92 Å². The Morgan fingerprint density at radius 3 is 2.56 bits per heavy atom. The maximum absolute atomic E-state index is 13.3. The number of H-pyrrole nitrogens is 1. The molecule has 1 saturated heterocycles. The number of nitrogens with one attached hydrogen (secondary N) is 1. The number of carbonyl (C=O) groups excluding carboxylic acids is 1. The van der Waals surface area contributed by atoms with Crippen LogP contribution in [0.4, 0.5) is 22.0 Å². The third kappa shape index (κ3) is 8.32. The van der Waals surface area contributed by atoms with Gasteiger partial charge in [0.1, 0.15) is 17.2 Å². The fourth-order valence-corrected chi connectivity index (χ4v) is 5.02. The summed E-state index contributed by atoms with van der Waals surface area (Å²) in [6, 6.07) is 12.2. The number of likely N-dealkylation sites (tertiary alicyclic amines) is 1. The highest BCUT2D eigenvalue weighted by atomic mass is 19.4. The van der Waals surface area contributed by atoms with Crippen LogP contribution in [0.3, 0.4) is 0 Å². The highest BCUT2D eigenvalue weighted by molar-refractivity contribution is 5.98. The largest absolute Gasteiger partial charge is 0.573 e. The molecule has 1 aliphatic rings. The lowest BCUT2D eigenvalue weighted by Gasteiger charge is -2.35. The van der Waals surface area contributed by atoms with Crippen LogP contribution in [0.15, 0.2) is 48.5 Å². The predicted octanol–water partition coefficient (Wildman–Crippen LogP) is 6.47. The van der Waals surface area contributed by atoms with Gasteiger partial charge in [-0.2, -0.15) is 8.78 Å². The molecule has 2 aromatic carbocycles. The molecule has 1 unspecified atom stereocenters. The van der Waals surface area contributed by atoms with Gasteiger partial charge in [-0.3, -0.25) is 4.79 Å². The van der Waals surface area contributed by atoms with Gasteiger partial charge in [-0.25, -0.2) is 0 Å². The Bertz CT molecular complexity index is 1270. The summed E-state index contributed by atoms with van der Waals surface area (Å²) in [5, 5.41) is 0.456. The van der Waals surface area contributed by atoms with Gasteiger partial charge >= 0.3 is 12.5 Å². The number of benzene rings is 2. The lowest BCUT2D eigenvalue weighted by Crippen LogP contribution is -2.43. The molecule has 1 N–H and O–H groups in total. The Balaban J connectivity index is 1.34. The van der Waals surface area contributed by atoms with Crippen molar-refractivity contribution in [2.45, 2.75) is 45.6 Å². The van der Waals surface area contributed by atoms with Gasteiger partial charge in [0.25, 0.3) is 5.91 Å². The lowest BCUT2D eigenvalue weighted by atomic mass is 9.96. The van der Waals surface area contributed by atoms with Crippen molar-refractivity contribution >= 4 is 16.8 Å². The molecule has 39 heavy (non-hydrogen) atoms. The van der Waals surface area contributed by atoms with Crippen LogP contribution in [0.25, 0.3) is 10.9 Å². The van der Waals surface area contributed by atoms with Crippen molar-refractivity contribution in [1.82, 2.24) is 14.8 Å². The molecule has 1 aliphatic heterocycles. The topological polar surface area (TPSA) is 57.8 Å². The highest BCUT2D eigenvalue weighted by Crippen LogP contribution is 2.28. The Kier molecular flexibility index (Phi) is 8.68. The molecule has 6 nitrogen and oxygen atoms in total. The van der Waals surface area contributed by atoms with Gasteiger partial charge in [-0.15, -0.1) is 13.2 Å². The number of hydrogen-bond donors (Lipinski definition) is 1. The molecule has 0 radical (unpaired) electrons. The van der Waals surface area contributed by atoms with E-state index in [2.05, 4.69) is 19.4 Å². The number of rotatable bonds is 10. The van der Waals surface area contributed by atoms with Crippen LogP contribution in [0.1, 0.15) is 42.7 Å². The smallest absolute Gasteiger partial charge is 0.433 e. The number of halogens is 5. The number of nitrogens with zero attached hydrogens (tertiary/aromatic N) is 2. The minimum Gasteiger partial charge on any atom is -0.433 e. The summed E-state index contributed by atoms with van der Waals surface area (Å²) in [5.41, 5.74) is 1.76. The fraction of sp³-hybridized carbons (Fsp3) is 0.464. The molecule has 11 heteroatoms. The summed E-state index contributed by atoms with van der Waals surface area (Å²) in [6.45, 7) is 6.13. The van der Waals surface area contributed by atoms with Crippen molar-refractivity contribution in [3.05, 3.63) is 59.8 Å². The summed E-state index contributed by atoms with van der Waals surface area (Å²) in [5.74, 6) is -0.166.